The van der Waals surface area contributed by atoms with Gasteiger partial charge in [-0.15, -0.1) is 0 Å². The number of benzene rings is 1. The van der Waals surface area contributed by atoms with Crippen molar-refractivity contribution < 1.29 is 27.7 Å². The van der Waals surface area contributed by atoms with Gasteiger partial charge in [-0.25, -0.2) is 28.4 Å². The van der Waals surface area contributed by atoms with Crippen LogP contribution in [0.3, 0.4) is 0 Å². The van der Waals surface area contributed by atoms with Gasteiger partial charge in [0.1, 0.15) is 17.2 Å². The number of methoxy groups -OCH3 is 1. The second-order valence-electron chi connectivity index (χ2n) is 8.21. The van der Waals surface area contributed by atoms with Crippen LogP contribution in [-0.4, -0.2) is 71.1 Å². The standard InChI is InChI=1S/C24H23ClN6O6S/c1-3-37-18-9-4-6-15(26-18)23-29-22-24(31(23)19-16(32)7-5-8-17(19)35-2)28-21(20(25)27-22)30-38(33,34)14-10-12-36-13-11-14/h5,7-9,14,32H,3,10-13H2,1-2H3,(H,28,30). The average molecular weight is 559 g/mol. The van der Waals surface area contributed by atoms with E-state index in [0.29, 0.717) is 32.7 Å². The number of anilines is 1. The minimum Gasteiger partial charge on any atom is -0.506 e. The first-order valence-electron chi connectivity index (χ1n) is 11.7. The van der Waals surface area contributed by atoms with Crippen molar-refractivity contribution in [2.45, 2.75) is 25.0 Å². The average Bonchev–Trinajstić information content (AvgIpc) is 3.27. The molecule has 5 rings (SSSR count). The van der Waals surface area contributed by atoms with Crippen molar-refractivity contribution in [3.8, 4) is 17.2 Å². The van der Waals surface area contributed by atoms with E-state index in [4.69, 9.17) is 25.8 Å². The van der Waals surface area contributed by atoms with Crippen LogP contribution in [0.5, 0.6) is 11.5 Å². The number of hydrogen-bond acceptors (Lipinski definition) is 10. The molecular weight excluding hydrogens is 536 g/mol. The number of imidazole rings is 1. The normalized spacial score (nSPS) is 15.9. The zero-order valence-electron chi connectivity index (χ0n) is 20.4. The number of phenols is 1. The molecule has 1 fully saturated rings. The summed E-state index contributed by atoms with van der Waals surface area (Å²) in [7, 11) is -2.40. The molecule has 0 unspecified atom stereocenters. The van der Waals surface area contributed by atoms with Gasteiger partial charge in [-0.05, 0) is 37.6 Å². The Bertz CT molecular complexity index is 1650. The predicted molar refractivity (Wildman–Crippen MR) is 140 cm³/mol. The quantitative estimate of drug-likeness (QED) is 0.417. The lowest BCUT2D eigenvalue weighted by molar-refractivity contribution is 0.0984. The molecule has 14 heteroatoms. The number of aromatic nitrogens is 4. The molecule has 0 radical (unpaired) electrons. The number of fused-ring (bicyclic) bond motifs is 1. The first-order chi connectivity index (χ1) is 18.3. The first kappa shape index (κ1) is 25.8. The molecule has 2 aliphatic heterocycles. The number of aromatic hydroxyl groups is 1. The number of halogens is 1. The third kappa shape index (κ3) is 4.85. The van der Waals surface area contributed by atoms with Gasteiger partial charge in [-0.1, -0.05) is 23.4 Å². The molecule has 38 heavy (non-hydrogen) atoms. The van der Waals surface area contributed by atoms with Crippen molar-refractivity contribution in [2.75, 3.05) is 31.7 Å². The van der Waals surface area contributed by atoms with E-state index in [-0.39, 0.29) is 56.9 Å². The van der Waals surface area contributed by atoms with Crippen molar-refractivity contribution in [1.82, 2.24) is 19.5 Å². The monoisotopic (exact) mass is 558 g/mol. The number of nitrogens with zero attached hydrogens (tertiary/aromatic N) is 5. The molecule has 0 spiro atoms. The van der Waals surface area contributed by atoms with Crippen LogP contribution in [0, 0.1) is 0 Å². The number of hydrogen-bond donors (Lipinski definition) is 2. The van der Waals surface area contributed by atoms with E-state index in [1.807, 2.05) is 6.92 Å². The van der Waals surface area contributed by atoms with Crippen molar-refractivity contribution >= 4 is 50.3 Å². The molecule has 0 bridgehead atoms. The zero-order valence-corrected chi connectivity index (χ0v) is 22.0. The highest BCUT2D eigenvalue weighted by molar-refractivity contribution is 7.93. The Morgan fingerprint density at radius 2 is 2.05 bits per heavy atom. The van der Waals surface area contributed by atoms with E-state index in [1.54, 1.807) is 12.1 Å². The van der Waals surface area contributed by atoms with Crippen LogP contribution in [0.1, 0.15) is 25.6 Å². The molecule has 0 amide bonds. The Balaban J connectivity index is 1.72. The smallest absolute Gasteiger partial charge is 0.237 e. The summed E-state index contributed by atoms with van der Waals surface area (Å²) < 4.78 is 46.3. The molecule has 1 saturated heterocycles. The molecule has 0 aliphatic carbocycles. The minimum absolute atomic E-state index is 0.0707. The number of sulfonamides is 1. The summed E-state index contributed by atoms with van der Waals surface area (Å²) >= 11 is 6.36. The number of nitrogens with one attached hydrogen (secondary N) is 1. The van der Waals surface area contributed by atoms with Gasteiger partial charge in [-0.2, -0.15) is 0 Å². The van der Waals surface area contributed by atoms with Gasteiger partial charge < -0.3 is 19.3 Å². The Kier molecular flexibility index (Phi) is 7.11. The largest absolute Gasteiger partial charge is 0.506 e. The van der Waals surface area contributed by atoms with Crippen molar-refractivity contribution in [3.05, 3.63) is 46.7 Å². The third-order valence-corrected chi connectivity index (χ3v) is 7.92. The van der Waals surface area contributed by atoms with E-state index in [0.717, 1.165) is 0 Å². The molecule has 2 aliphatic rings. The highest BCUT2D eigenvalue weighted by Crippen LogP contribution is 2.37. The molecule has 2 aromatic heterocycles. The molecule has 3 aromatic rings. The van der Waals surface area contributed by atoms with Gasteiger partial charge in [0.05, 0.1) is 25.0 Å². The van der Waals surface area contributed by atoms with Crippen LogP contribution in [0.4, 0.5) is 5.82 Å². The molecule has 12 nitrogen and oxygen atoms in total. The van der Waals surface area contributed by atoms with E-state index < -0.39 is 15.3 Å². The lowest BCUT2D eigenvalue weighted by atomic mass is 10.2. The second-order valence-corrected chi connectivity index (χ2v) is 10.5. The molecule has 1 aromatic carbocycles. The lowest BCUT2D eigenvalue weighted by Gasteiger charge is -2.22. The number of rotatable bonds is 7. The molecule has 0 saturated carbocycles. The highest BCUT2D eigenvalue weighted by Gasteiger charge is 2.30. The molecular formula is C24H23ClN6O6S. The lowest BCUT2D eigenvalue weighted by Crippen LogP contribution is -2.33. The van der Waals surface area contributed by atoms with Gasteiger partial charge in [0, 0.05) is 13.2 Å². The van der Waals surface area contributed by atoms with E-state index >= 15 is 0 Å². The Morgan fingerprint density at radius 1 is 1.26 bits per heavy atom. The number of phenolic OH excluding ortho intramolecular Hbond substituents is 1. The van der Waals surface area contributed by atoms with Crippen LogP contribution in [0.25, 0.3) is 22.7 Å². The second kappa shape index (κ2) is 10.5. The van der Waals surface area contributed by atoms with Crippen molar-refractivity contribution in [3.63, 3.8) is 0 Å². The minimum atomic E-state index is -3.84. The summed E-state index contributed by atoms with van der Waals surface area (Å²) in [6.45, 7) is 2.88. The highest BCUT2D eigenvalue weighted by atomic mass is 35.5. The van der Waals surface area contributed by atoms with Gasteiger partial charge in [0.25, 0.3) is 0 Å². The summed E-state index contributed by atoms with van der Waals surface area (Å²) in [5, 5.41) is 9.99. The first-order valence-corrected chi connectivity index (χ1v) is 13.6. The molecule has 0 atom stereocenters. The van der Waals surface area contributed by atoms with Gasteiger partial charge in [0.2, 0.25) is 15.9 Å². The van der Waals surface area contributed by atoms with E-state index in [9.17, 15) is 13.5 Å². The van der Waals surface area contributed by atoms with E-state index in [2.05, 4.69) is 36.1 Å². The number of ether oxygens (including phenoxy) is 3. The summed E-state index contributed by atoms with van der Waals surface area (Å²) in [6.07, 6.45) is 2.21. The van der Waals surface area contributed by atoms with Gasteiger partial charge in [-0.3, -0.25) is 9.29 Å². The third-order valence-electron chi connectivity index (χ3n) is 5.83. The maximum Gasteiger partial charge on any atom is 0.237 e. The fourth-order valence-electron chi connectivity index (χ4n) is 4.08. The van der Waals surface area contributed by atoms with Crippen LogP contribution in [0.2, 0.25) is 5.15 Å². The number of para-hydroxylation sites is 1. The molecule has 4 heterocycles. The van der Waals surface area contributed by atoms with Gasteiger partial charge in [0.15, 0.2) is 33.8 Å². The van der Waals surface area contributed by atoms with Crippen LogP contribution in [-0.2, 0) is 19.5 Å². The topological polar surface area (TPSA) is 150 Å². The summed E-state index contributed by atoms with van der Waals surface area (Å²) in [5.74, 6) is 0.401. The van der Waals surface area contributed by atoms with Crippen LogP contribution < -0.4 is 9.46 Å². The van der Waals surface area contributed by atoms with E-state index in [1.165, 1.54) is 23.8 Å². The number of aliphatic imine (C=N–C) groups is 1. The summed E-state index contributed by atoms with van der Waals surface area (Å²) in [4.78, 5) is 17.8. The van der Waals surface area contributed by atoms with Crippen LogP contribution >= 0.6 is 11.6 Å². The van der Waals surface area contributed by atoms with Crippen molar-refractivity contribution in [2.24, 2.45) is 4.99 Å². The zero-order chi connectivity index (χ0) is 26.9. The molecule has 198 valence electrons. The molecule has 2 N–H and O–H groups in total. The Hall–Kier alpha value is -3.86. The maximum absolute atomic E-state index is 13.1. The van der Waals surface area contributed by atoms with Crippen molar-refractivity contribution in [1.29, 1.82) is 0 Å². The fourth-order valence-corrected chi connectivity index (χ4v) is 5.70. The maximum atomic E-state index is 13.1. The predicted octanol–water partition coefficient (Wildman–Crippen LogP) is 3.20. The Labute approximate surface area is 223 Å². The fraction of sp³-hybridized carbons (Fsp3) is 0.333. The Morgan fingerprint density at radius 3 is 2.79 bits per heavy atom. The van der Waals surface area contributed by atoms with Crippen LogP contribution in [0.15, 0.2) is 40.7 Å². The summed E-state index contributed by atoms with van der Waals surface area (Å²) in [6, 6.07) is 4.72. The SMILES string of the molecule is CCOC1=NC(c2nc3nc(Cl)c(NS(=O)(=O)C4CCOCC4)nc3n2-c2c(O)cccc2OC)=C=C=C1. The summed E-state index contributed by atoms with van der Waals surface area (Å²) in [5.41, 5.74) is 6.28. The van der Waals surface area contributed by atoms with Gasteiger partial charge >= 0.3 is 0 Å².